The van der Waals surface area contributed by atoms with Gasteiger partial charge in [0, 0.05) is 18.7 Å². The first kappa shape index (κ1) is 21.3. The molecule has 0 spiro atoms. The molecule has 0 saturated heterocycles. The summed E-state index contributed by atoms with van der Waals surface area (Å²) in [4.78, 5) is 20.7. The topological polar surface area (TPSA) is 92.9 Å². The molecule has 1 unspecified atom stereocenters. The van der Waals surface area contributed by atoms with Crippen LogP contribution in [0.5, 0.6) is 5.75 Å². The highest BCUT2D eigenvalue weighted by Gasteiger charge is 2.38. The zero-order valence-corrected chi connectivity index (χ0v) is 15.7. The van der Waals surface area contributed by atoms with Gasteiger partial charge in [0.05, 0.1) is 17.0 Å². The third-order valence-electron chi connectivity index (χ3n) is 3.62. The molecular weight excluding hydrogens is 412 g/mol. The minimum Gasteiger partial charge on any atom is -0.440 e. The Morgan fingerprint density at radius 2 is 2.11 bits per heavy atom. The van der Waals surface area contributed by atoms with Crippen LogP contribution < -0.4 is 10.0 Å². The van der Waals surface area contributed by atoms with E-state index in [0.717, 1.165) is 18.2 Å². The number of rotatable bonds is 6. The SMILES string of the molecule is CCCN1CC(C(F)(F)F)=CC(Cl)=C1Oc1ccc([N+](=O)[O-])c([PH](=O)O)c1. The summed E-state index contributed by atoms with van der Waals surface area (Å²) in [7, 11) is -3.41. The number of hydrogen-bond acceptors (Lipinski definition) is 5. The van der Waals surface area contributed by atoms with E-state index in [-0.39, 0.29) is 23.2 Å². The Morgan fingerprint density at radius 1 is 1.44 bits per heavy atom. The van der Waals surface area contributed by atoms with E-state index < -0.39 is 42.2 Å². The highest BCUT2D eigenvalue weighted by atomic mass is 35.5. The summed E-state index contributed by atoms with van der Waals surface area (Å²) < 4.78 is 55.9. The van der Waals surface area contributed by atoms with Crippen LogP contribution in [0, 0.1) is 10.1 Å². The van der Waals surface area contributed by atoms with E-state index in [0.29, 0.717) is 6.42 Å². The molecule has 2 rings (SSSR count). The summed E-state index contributed by atoms with van der Waals surface area (Å²) in [5.41, 5.74) is -1.39. The Labute approximate surface area is 157 Å². The van der Waals surface area contributed by atoms with Gasteiger partial charge in [0.25, 0.3) is 5.69 Å². The molecular formula is C15H15ClF3N2O5P. The van der Waals surface area contributed by atoms with Crippen LogP contribution >= 0.6 is 19.6 Å². The van der Waals surface area contributed by atoms with E-state index in [4.69, 9.17) is 16.3 Å². The lowest BCUT2D eigenvalue weighted by Gasteiger charge is -2.32. The fourth-order valence-corrected chi connectivity index (χ4v) is 3.39. The maximum absolute atomic E-state index is 13.0. The van der Waals surface area contributed by atoms with Gasteiger partial charge < -0.3 is 14.5 Å². The van der Waals surface area contributed by atoms with Crippen LogP contribution in [-0.4, -0.2) is 34.0 Å². The van der Waals surface area contributed by atoms with Crippen LogP contribution in [0.25, 0.3) is 0 Å². The molecule has 1 aromatic carbocycles. The van der Waals surface area contributed by atoms with Crippen molar-refractivity contribution >= 4 is 30.6 Å². The monoisotopic (exact) mass is 426 g/mol. The highest BCUT2D eigenvalue weighted by Crippen LogP contribution is 2.35. The summed E-state index contributed by atoms with van der Waals surface area (Å²) in [6.45, 7) is 1.51. The fourth-order valence-electron chi connectivity index (χ4n) is 2.44. The van der Waals surface area contributed by atoms with Crippen molar-refractivity contribution in [2.24, 2.45) is 0 Å². The fraction of sp³-hybridized carbons (Fsp3) is 0.333. The van der Waals surface area contributed by atoms with Crippen molar-refractivity contribution in [3.63, 3.8) is 0 Å². The molecule has 0 saturated carbocycles. The highest BCUT2D eigenvalue weighted by molar-refractivity contribution is 7.47. The van der Waals surface area contributed by atoms with E-state index in [2.05, 4.69) is 0 Å². The first-order chi connectivity index (χ1) is 12.5. The summed E-state index contributed by atoms with van der Waals surface area (Å²) >= 11 is 5.97. The molecule has 0 aromatic heterocycles. The summed E-state index contributed by atoms with van der Waals surface area (Å²) in [6.07, 6.45) is -3.28. The molecule has 0 aliphatic carbocycles. The Morgan fingerprint density at radius 3 is 2.63 bits per heavy atom. The van der Waals surface area contributed by atoms with Crippen LogP contribution in [0.1, 0.15) is 13.3 Å². The number of alkyl halides is 3. The zero-order chi connectivity index (χ0) is 20.4. The molecule has 0 fully saturated rings. The van der Waals surface area contributed by atoms with E-state index in [1.807, 2.05) is 0 Å². The van der Waals surface area contributed by atoms with Crippen molar-refractivity contribution < 1.29 is 32.3 Å². The largest absolute Gasteiger partial charge is 0.440 e. The molecule has 0 bridgehead atoms. The molecule has 7 nitrogen and oxygen atoms in total. The van der Waals surface area contributed by atoms with Crippen molar-refractivity contribution in [2.75, 3.05) is 13.1 Å². The molecule has 1 aliphatic heterocycles. The van der Waals surface area contributed by atoms with Crippen LogP contribution in [0.2, 0.25) is 0 Å². The minimum atomic E-state index is -4.55. The third-order valence-corrected chi connectivity index (χ3v) is 4.75. The Bertz CT molecular complexity index is 841. The predicted octanol–water partition coefficient (Wildman–Crippen LogP) is 3.69. The van der Waals surface area contributed by atoms with Gasteiger partial charge in [-0.25, -0.2) is 0 Å². The van der Waals surface area contributed by atoms with Gasteiger partial charge >= 0.3 is 6.18 Å². The predicted molar refractivity (Wildman–Crippen MR) is 93.5 cm³/mol. The van der Waals surface area contributed by atoms with Gasteiger partial charge in [0.15, 0.2) is 0 Å². The van der Waals surface area contributed by atoms with Gasteiger partial charge in [-0.1, -0.05) is 18.5 Å². The van der Waals surface area contributed by atoms with E-state index in [9.17, 15) is 32.7 Å². The van der Waals surface area contributed by atoms with E-state index in [1.54, 1.807) is 6.92 Å². The second-order valence-electron chi connectivity index (χ2n) is 5.59. The molecule has 0 amide bonds. The second-order valence-corrected chi connectivity index (χ2v) is 7.14. The van der Waals surface area contributed by atoms with Crippen molar-refractivity contribution in [1.82, 2.24) is 4.90 Å². The molecule has 1 heterocycles. The van der Waals surface area contributed by atoms with Crippen LogP contribution in [0.15, 0.2) is 40.8 Å². The Balaban J connectivity index is 2.44. The van der Waals surface area contributed by atoms with Crippen molar-refractivity contribution in [3.05, 3.63) is 50.9 Å². The maximum atomic E-state index is 13.0. The average molecular weight is 427 g/mol. The number of halogens is 4. The van der Waals surface area contributed by atoms with Crippen molar-refractivity contribution in [1.29, 1.82) is 0 Å². The number of nitro groups is 1. The van der Waals surface area contributed by atoms with Gasteiger partial charge in [-0.2, -0.15) is 13.2 Å². The molecule has 1 aliphatic rings. The van der Waals surface area contributed by atoms with Crippen LogP contribution in [-0.2, 0) is 4.57 Å². The molecule has 0 radical (unpaired) electrons. The van der Waals surface area contributed by atoms with Gasteiger partial charge in [0.2, 0.25) is 13.9 Å². The quantitative estimate of drug-likeness (QED) is 0.424. The van der Waals surface area contributed by atoms with E-state index >= 15 is 0 Å². The lowest BCUT2D eigenvalue weighted by atomic mass is 10.1. The standard InChI is InChI=1S/C15H15ClF3N2O5P/c1-2-5-20-8-9(15(17,18)19)6-11(16)14(20)26-10-3-4-12(21(22)23)13(7-10)27(24)25/h3-4,6-7,27H,2,5,8H2,1H3,(H,24,25). The van der Waals surface area contributed by atoms with Gasteiger partial charge in [-0.15, -0.1) is 0 Å². The van der Waals surface area contributed by atoms with Gasteiger partial charge in [-0.05, 0) is 18.6 Å². The van der Waals surface area contributed by atoms with Crippen LogP contribution in [0.4, 0.5) is 18.9 Å². The van der Waals surface area contributed by atoms with Crippen molar-refractivity contribution in [3.8, 4) is 5.75 Å². The molecule has 148 valence electrons. The lowest BCUT2D eigenvalue weighted by Crippen LogP contribution is -2.35. The summed E-state index contributed by atoms with van der Waals surface area (Å²) in [5, 5.41) is 10.2. The maximum Gasteiger partial charge on any atom is 0.414 e. The Hall–Kier alpha value is -2.03. The number of hydrogen-bond donors (Lipinski definition) is 1. The number of allylic oxidation sites excluding steroid dienone is 2. The first-order valence-corrected chi connectivity index (χ1v) is 9.40. The second kappa shape index (κ2) is 8.33. The third kappa shape index (κ3) is 5.03. The smallest absolute Gasteiger partial charge is 0.414 e. The first-order valence-electron chi connectivity index (χ1n) is 7.66. The van der Waals surface area contributed by atoms with Gasteiger partial charge in [0.1, 0.15) is 16.1 Å². The van der Waals surface area contributed by atoms with Crippen LogP contribution in [0.3, 0.4) is 0 Å². The minimum absolute atomic E-state index is 0.0545. The normalized spacial score (nSPS) is 16.2. The molecule has 1 atom stereocenters. The number of benzene rings is 1. The van der Waals surface area contributed by atoms with Gasteiger partial charge in [-0.3, -0.25) is 14.7 Å². The molecule has 27 heavy (non-hydrogen) atoms. The molecule has 12 heteroatoms. The summed E-state index contributed by atoms with van der Waals surface area (Å²) in [6, 6.07) is 3.17. The Kier molecular flexibility index (Phi) is 6.56. The molecule has 1 aromatic rings. The number of ether oxygens (including phenoxy) is 1. The lowest BCUT2D eigenvalue weighted by molar-refractivity contribution is -0.383. The number of nitrogens with zero attached hydrogens (tertiary/aromatic N) is 2. The average Bonchev–Trinajstić information content (AvgIpc) is 2.56. The number of nitro benzene ring substituents is 1. The van der Waals surface area contributed by atoms with Crippen molar-refractivity contribution in [2.45, 2.75) is 19.5 Å². The van der Waals surface area contributed by atoms with E-state index in [1.165, 1.54) is 11.0 Å². The molecule has 1 N–H and O–H groups in total. The summed E-state index contributed by atoms with van der Waals surface area (Å²) in [5.74, 6) is -0.120. The zero-order valence-electron chi connectivity index (χ0n) is 13.9.